The van der Waals surface area contributed by atoms with Crippen LogP contribution >= 0.6 is 0 Å². The van der Waals surface area contributed by atoms with Gasteiger partial charge in [-0.2, -0.15) is 0 Å². The van der Waals surface area contributed by atoms with Gasteiger partial charge in [0.1, 0.15) is 0 Å². The fraction of sp³-hybridized carbons (Fsp3) is 0.556. The summed E-state index contributed by atoms with van der Waals surface area (Å²) in [7, 11) is 0. The van der Waals surface area contributed by atoms with Gasteiger partial charge in [0.2, 0.25) is 11.8 Å². The van der Waals surface area contributed by atoms with Crippen LogP contribution in [0.15, 0.2) is 18.2 Å². The predicted octanol–water partition coefficient (Wildman–Crippen LogP) is 3.13. The number of benzene rings is 1. The van der Waals surface area contributed by atoms with Gasteiger partial charge < -0.3 is 11.5 Å². The van der Waals surface area contributed by atoms with Crippen LogP contribution < -0.4 is 11.5 Å². The maximum absolute atomic E-state index is 12.0. The van der Waals surface area contributed by atoms with Crippen molar-refractivity contribution in [2.75, 3.05) is 0 Å². The molecule has 1 saturated carbocycles. The number of hydrogen-bond acceptors (Lipinski definition) is 2. The Kier molecular flexibility index (Phi) is 4.89. The van der Waals surface area contributed by atoms with Gasteiger partial charge in [-0.25, -0.2) is 0 Å². The van der Waals surface area contributed by atoms with E-state index < -0.39 is 11.8 Å². The average Bonchev–Trinajstić information content (AvgIpc) is 2.53. The van der Waals surface area contributed by atoms with Crippen LogP contribution in [0.25, 0.3) is 0 Å². The molecule has 120 valence electrons. The van der Waals surface area contributed by atoms with Crippen LogP contribution in [0, 0.1) is 5.92 Å². The zero-order valence-corrected chi connectivity index (χ0v) is 13.5. The lowest BCUT2D eigenvalue weighted by Gasteiger charge is -2.43. The first kappa shape index (κ1) is 16.5. The lowest BCUT2D eigenvalue weighted by atomic mass is 9.61. The zero-order chi connectivity index (χ0) is 16.3. The molecule has 1 aliphatic rings. The monoisotopic (exact) mass is 302 g/mol. The molecule has 0 saturated heterocycles. The third-order valence-corrected chi connectivity index (χ3v) is 5.41. The SMILES string of the molecule is CCC(C)C1(c2ccc(C(N)=O)cc2C(N)=O)CCCCC1. The van der Waals surface area contributed by atoms with E-state index in [0.717, 1.165) is 24.8 Å². The second-order valence-electron chi connectivity index (χ2n) is 6.51. The fourth-order valence-corrected chi connectivity index (χ4v) is 3.94. The molecule has 4 nitrogen and oxygen atoms in total. The van der Waals surface area contributed by atoms with Gasteiger partial charge >= 0.3 is 0 Å². The molecule has 0 spiro atoms. The van der Waals surface area contributed by atoms with E-state index in [0.29, 0.717) is 17.0 Å². The van der Waals surface area contributed by atoms with E-state index in [9.17, 15) is 9.59 Å². The van der Waals surface area contributed by atoms with Crippen LogP contribution in [0.1, 0.15) is 78.7 Å². The summed E-state index contributed by atoms with van der Waals surface area (Å²) in [6.07, 6.45) is 6.76. The van der Waals surface area contributed by atoms with Crippen molar-refractivity contribution < 1.29 is 9.59 Å². The number of nitrogens with two attached hydrogens (primary N) is 2. The molecule has 0 radical (unpaired) electrons. The van der Waals surface area contributed by atoms with Crippen LogP contribution in [-0.2, 0) is 5.41 Å². The maximum atomic E-state index is 12.0. The van der Waals surface area contributed by atoms with Crippen molar-refractivity contribution in [2.24, 2.45) is 17.4 Å². The normalized spacial score (nSPS) is 18.6. The number of rotatable bonds is 5. The van der Waals surface area contributed by atoms with Crippen molar-refractivity contribution in [1.82, 2.24) is 0 Å². The van der Waals surface area contributed by atoms with E-state index in [1.54, 1.807) is 12.1 Å². The molecule has 2 amide bonds. The summed E-state index contributed by atoms with van der Waals surface area (Å²) in [5, 5.41) is 0. The molecule has 1 aromatic rings. The van der Waals surface area contributed by atoms with Crippen molar-refractivity contribution in [2.45, 2.75) is 57.8 Å². The number of hydrogen-bond donors (Lipinski definition) is 2. The fourth-order valence-electron chi connectivity index (χ4n) is 3.94. The van der Waals surface area contributed by atoms with E-state index in [-0.39, 0.29) is 5.41 Å². The summed E-state index contributed by atoms with van der Waals surface area (Å²) in [6, 6.07) is 5.19. The second kappa shape index (κ2) is 6.51. The van der Waals surface area contributed by atoms with E-state index in [1.807, 2.05) is 6.07 Å². The van der Waals surface area contributed by atoms with E-state index >= 15 is 0 Å². The molecule has 1 aliphatic carbocycles. The van der Waals surface area contributed by atoms with Gasteiger partial charge in [-0.15, -0.1) is 0 Å². The highest BCUT2D eigenvalue weighted by atomic mass is 16.1. The van der Waals surface area contributed by atoms with Crippen LogP contribution in [0.4, 0.5) is 0 Å². The smallest absolute Gasteiger partial charge is 0.249 e. The summed E-state index contributed by atoms with van der Waals surface area (Å²) in [5.74, 6) is -0.549. The Labute approximate surface area is 132 Å². The lowest BCUT2D eigenvalue weighted by Crippen LogP contribution is -2.38. The average molecular weight is 302 g/mol. The Balaban J connectivity index is 2.60. The van der Waals surface area contributed by atoms with Crippen LogP contribution in [0.5, 0.6) is 0 Å². The molecule has 0 bridgehead atoms. The number of carbonyl (C=O) groups excluding carboxylic acids is 2. The Hall–Kier alpha value is -1.84. The first-order valence-corrected chi connectivity index (χ1v) is 8.16. The zero-order valence-electron chi connectivity index (χ0n) is 13.5. The molecule has 1 atom stereocenters. The van der Waals surface area contributed by atoms with Crippen molar-refractivity contribution in [3.05, 3.63) is 34.9 Å². The Morgan fingerprint density at radius 1 is 1.14 bits per heavy atom. The molecule has 0 heterocycles. The first-order chi connectivity index (χ1) is 10.4. The first-order valence-electron chi connectivity index (χ1n) is 8.16. The van der Waals surface area contributed by atoms with Crippen LogP contribution in [0.3, 0.4) is 0 Å². The standard InChI is InChI=1S/C18H26N2O2/c1-3-12(2)18(9-5-4-6-10-18)15-8-7-13(16(19)21)11-14(15)17(20)22/h7-8,11-12H,3-6,9-10H2,1-2H3,(H2,19,21)(H2,20,22). The van der Waals surface area contributed by atoms with Gasteiger partial charge in [-0.1, -0.05) is 45.6 Å². The Morgan fingerprint density at radius 3 is 2.27 bits per heavy atom. The molecule has 4 heteroatoms. The Morgan fingerprint density at radius 2 is 1.77 bits per heavy atom. The van der Waals surface area contributed by atoms with Crippen molar-refractivity contribution in [3.63, 3.8) is 0 Å². The summed E-state index contributed by atoms with van der Waals surface area (Å²) in [5.41, 5.74) is 12.7. The molecule has 2 rings (SSSR count). The minimum atomic E-state index is -0.532. The minimum Gasteiger partial charge on any atom is -0.366 e. The molecule has 4 N–H and O–H groups in total. The number of carbonyl (C=O) groups is 2. The summed E-state index contributed by atoms with van der Waals surface area (Å²) in [4.78, 5) is 23.4. The Bertz CT molecular complexity index is 574. The van der Waals surface area contributed by atoms with E-state index in [1.165, 1.54) is 19.3 Å². The van der Waals surface area contributed by atoms with Gasteiger partial charge in [0.15, 0.2) is 0 Å². The van der Waals surface area contributed by atoms with Crippen LogP contribution in [-0.4, -0.2) is 11.8 Å². The quantitative estimate of drug-likeness (QED) is 0.875. The highest BCUT2D eigenvalue weighted by Crippen LogP contribution is 2.47. The van der Waals surface area contributed by atoms with Crippen molar-refractivity contribution in [1.29, 1.82) is 0 Å². The molecular weight excluding hydrogens is 276 g/mol. The molecule has 0 aliphatic heterocycles. The second-order valence-corrected chi connectivity index (χ2v) is 6.51. The lowest BCUT2D eigenvalue weighted by molar-refractivity contribution is 0.0993. The highest BCUT2D eigenvalue weighted by Gasteiger charge is 2.40. The molecular formula is C18H26N2O2. The number of primary amides is 2. The van der Waals surface area contributed by atoms with Crippen LogP contribution in [0.2, 0.25) is 0 Å². The van der Waals surface area contributed by atoms with Crippen molar-refractivity contribution in [3.8, 4) is 0 Å². The topological polar surface area (TPSA) is 86.2 Å². The number of amides is 2. The molecule has 0 aromatic heterocycles. The third kappa shape index (κ3) is 2.87. The minimum absolute atomic E-state index is 0.0203. The van der Waals surface area contributed by atoms with Gasteiger partial charge in [0.05, 0.1) is 0 Å². The van der Waals surface area contributed by atoms with E-state index in [2.05, 4.69) is 13.8 Å². The molecule has 1 aromatic carbocycles. The summed E-state index contributed by atoms with van der Waals surface area (Å²) >= 11 is 0. The predicted molar refractivity (Wildman–Crippen MR) is 87.7 cm³/mol. The summed E-state index contributed by atoms with van der Waals surface area (Å²) in [6.45, 7) is 4.43. The van der Waals surface area contributed by atoms with Gasteiger partial charge in [0.25, 0.3) is 0 Å². The molecule has 22 heavy (non-hydrogen) atoms. The maximum Gasteiger partial charge on any atom is 0.249 e. The van der Waals surface area contributed by atoms with Gasteiger partial charge in [-0.05, 0) is 41.9 Å². The molecule has 1 fully saturated rings. The van der Waals surface area contributed by atoms with Crippen molar-refractivity contribution >= 4 is 11.8 Å². The van der Waals surface area contributed by atoms with Gasteiger partial charge in [0, 0.05) is 11.1 Å². The largest absolute Gasteiger partial charge is 0.366 e. The van der Waals surface area contributed by atoms with E-state index in [4.69, 9.17) is 11.5 Å². The summed E-state index contributed by atoms with van der Waals surface area (Å²) < 4.78 is 0. The third-order valence-electron chi connectivity index (χ3n) is 5.41. The highest BCUT2D eigenvalue weighted by molar-refractivity contribution is 5.99. The molecule has 1 unspecified atom stereocenters. The van der Waals surface area contributed by atoms with Gasteiger partial charge in [-0.3, -0.25) is 9.59 Å².